The highest BCUT2D eigenvalue weighted by atomic mass is 16.4. The Bertz CT molecular complexity index is 327. The Hall–Kier alpha value is -1.06. The first-order valence-corrected chi connectivity index (χ1v) is 7.23. The van der Waals surface area contributed by atoms with Gasteiger partial charge in [-0.2, -0.15) is 0 Å². The van der Waals surface area contributed by atoms with Crippen LogP contribution in [0.2, 0.25) is 0 Å². The highest BCUT2D eigenvalue weighted by Crippen LogP contribution is 2.30. The highest BCUT2D eigenvalue weighted by molar-refractivity contribution is 5.81. The van der Waals surface area contributed by atoms with Crippen molar-refractivity contribution < 1.29 is 14.7 Å². The minimum absolute atomic E-state index is 0.00303. The molecule has 4 heteroatoms. The van der Waals surface area contributed by atoms with Gasteiger partial charge in [0.25, 0.3) is 0 Å². The van der Waals surface area contributed by atoms with Gasteiger partial charge >= 0.3 is 5.97 Å². The van der Waals surface area contributed by atoms with Crippen molar-refractivity contribution in [2.45, 2.75) is 65.8 Å². The molecule has 1 fully saturated rings. The van der Waals surface area contributed by atoms with E-state index in [1.54, 1.807) is 4.90 Å². The van der Waals surface area contributed by atoms with Gasteiger partial charge in [0.2, 0.25) is 5.91 Å². The Balaban J connectivity index is 2.68. The second kappa shape index (κ2) is 6.40. The quantitative estimate of drug-likeness (QED) is 0.835. The highest BCUT2D eigenvalue weighted by Gasteiger charge is 2.31. The monoisotopic (exact) mass is 269 g/mol. The summed E-state index contributed by atoms with van der Waals surface area (Å²) in [7, 11) is 0. The molecule has 1 N–H and O–H groups in total. The summed E-state index contributed by atoms with van der Waals surface area (Å²) in [4.78, 5) is 24.9. The molecule has 0 spiro atoms. The minimum atomic E-state index is -0.913. The second-order valence-electron chi connectivity index (χ2n) is 6.82. The Morgan fingerprint density at radius 2 is 1.79 bits per heavy atom. The topological polar surface area (TPSA) is 57.6 Å². The summed E-state index contributed by atoms with van der Waals surface area (Å²) in [6.07, 6.45) is 4.53. The number of hydrogen-bond acceptors (Lipinski definition) is 2. The van der Waals surface area contributed by atoms with Crippen LogP contribution in [-0.4, -0.2) is 34.5 Å². The zero-order valence-electron chi connectivity index (χ0n) is 12.6. The first-order valence-electron chi connectivity index (χ1n) is 7.23. The van der Waals surface area contributed by atoms with Gasteiger partial charge in [-0.3, -0.25) is 9.59 Å². The SMILES string of the molecule is CC(CC(=O)N(CC(=O)O)C1CCCC1)C(C)(C)C. The maximum absolute atomic E-state index is 12.4. The Kier molecular flexibility index (Phi) is 5.39. The standard InChI is InChI=1S/C15H27NO3/c1-11(15(2,3)4)9-13(17)16(10-14(18)19)12-7-5-6-8-12/h11-12H,5-10H2,1-4H3,(H,18,19). The molecule has 0 saturated heterocycles. The van der Waals surface area contributed by atoms with Gasteiger partial charge in [-0.25, -0.2) is 0 Å². The summed E-state index contributed by atoms with van der Waals surface area (Å²) in [5.74, 6) is -0.668. The van der Waals surface area contributed by atoms with Crippen molar-refractivity contribution in [2.75, 3.05) is 6.54 Å². The third kappa shape index (κ3) is 4.84. The van der Waals surface area contributed by atoms with Gasteiger partial charge in [-0.15, -0.1) is 0 Å². The second-order valence-corrected chi connectivity index (χ2v) is 6.82. The van der Waals surface area contributed by atoms with Crippen molar-refractivity contribution in [2.24, 2.45) is 11.3 Å². The lowest BCUT2D eigenvalue weighted by atomic mass is 9.80. The van der Waals surface area contributed by atoms with Crippen LogP contribution in [0.25, 0.3) is 0 Å². The van der Waals surface area contributed by atoms with Crippen molar-refractivity contribution in [1.29, 1.82) is 0 Å². The molecule has 4 nitrogen and oxygen atoms in total. The molecule has 1 aliphatic rings. The van der Waals surface area contributed by atoms with Gasteiger partial charge in [0.15, 0.2) is 0 Å². The number of carboxylic acid groups (broad SMARTS) is 1. The fourth-order valence-electron chi connectivity index (χ4n) is 2.47. The van der Waals surface area contributed by atoms with E-state index in [0.29, 0.717) is 6.42 Å². The van der Waals surface area contributed by atoms with Crippen LogP contribution in [0.15, 0.2) is 0 Å². The van der Waals surface area contributed by atoms with E-state index in [2.05, 4.69) is 27.7 Å². The van der Waals surface area contributed by atoms with Gasteiger partial charge in [-0.05, 0) is 24.2 Å². The van der Waals surface area contributed by atoms with E-state index in [0.717, 1.165) is 25.7 Å². The lowest BCUT2D eigenvalue weighted by molar-refractivity contribution is -0.147. The van der Waals surface area contributed by atoms with Crippen LogP contribution < -0.4 is 0 Å². The van der Waals surface area contributed by atoms with Crippen molar-refractivity contribution >= 4 is 11.9 Å². The third-order valence-corrected chi connectivity index (χ3v) is 4.35. The van der Waals surface area contributed by atoms with Gasteiger partial charge in [0.1, 0.15) is 6.54 Å². The smallest absolute Gasteiger partial charge is 0.323 e. The molecule has 0 radical (unpaired) electrons. The van der Waals surface area contributed by atoms with Crippen LogP contribution in [-0.2, 0) is 9.59 Å². The molecule has 1 amide bonds. The molecule has 1 saturated carbocycles. The zero-order valence-corrected chi connectivity index (χ0v) is 12.6. The molecule has 110 valence electrons. The normalized spacial score (nSPS) is 18.3. The van der Waals surface area contributed by atoms with E-state index in [4.69, 9.17) is 5.11 Å². The molecule has 0 aromatic rings. The van der Waals surface area contributed by atoms with Crippen LogP contribution in [0.1, 0.15) is 59.8 Å². The van der Waals surface area contributed by atoms with E-state index in [-0.39, 0.29) is 29.8 Å². The van der Waals surface area contributed by atoms with Gasteiger partial charge in [-0.1, -0.05) is 40.5 Å². The van der Waals surface area contributed by atoms with Crippen molar-refractivity contribution in [3.05, 3.63) is 0 Å². The molecule has 1 atom stereocenters. The minimum Gasteiger partial charge on any atom is -0.480 e. The maximum Gasteiger partial charge on any atom is 0.323 e. The molecule has 0 heterocycles. The number of rotatable bonds is 5. The summed E-state index contributed by atoms with van der Waals surface area (Å²) in [6, 6.07) is 0.135. The molecule has 0 aromatic heterocycles. The Morgan fingerprint density at radius 1 is 1.26 bits per heavy atom. The molecule has 1 aliphatic carbocycles. The molecule has 1 rings (SSSR count). The largest absolute Gasteiger partial charge is 0.480 e. The average Bonchev–Trinajstić information content (AvgIpc) is 2.77. The van der Waals surface area contributed by atoms with E-state index in [9.17, 15) is 9.59 Å². The number of carboxylic acids is 1. The molecule has 0 aliphatic heterocycles. The number of carbonyl (C=O) groups is 2. The zero-order chi connectivity index (χ0) is 14.6. The van der Waals surface area contributed by atoms with Crippen LogP contribution in [0.4, 0.5) is 0 Å². The van der Waals surface area contributed by atoms with Gasteiger partial charge < -0.3 is 10.0 Å². The third-order valence-electron chi connectivity index (χ3n) is 4.35. The number of hydrogen-bond donors (Lipinski definition) is 1. The van der Waals surface area contributed by atoms with E-state index < -0.39 is 5.97 Å². The summed E-state index contributed by atoms with van der Waals surface area (Å²) >= 11 is 0. The maximum atomic E-state index is 12.4. The van der Waals surface area contributed by atoms with Crippen LogP contribution in [0.3, 0.4) is 0 Å². The first-order chi connectivity index (χ1) is 8.71. The predicted molar refractivity (Wildman–Crippen MR) is 74.8 cm³/mol. The van der Waals surface area contributed by atoms with Crippen LogP contribution in [0.5, 0.6) is 0 Å². The number of nitrogens with zero attached hydrogens (tertiary/aromatic N) is 1. The average molecular weight is 269 g/mol. The molecule has 19 heavy (non-hydrogen) atoms. The molecular weight excluding hydrogens is 242 g/mol. The lowest BCUT2D eigenvalue weighted by Gasteiger charge is -2.32. The first kappa shape index (κ1) is 16.0. The van der Waals surface area contributed by atoms with Crippen LogP contribution in [0, 0.1) is 11.3 Å². The molecular formula is C15H27NO3. The van der Waals surface area contributed by atoms with E-state index >= 15 is 0 Å². The number of aliphatic carboxylic acids is 1. The Morgan fingerprint density at radius 3 is 2.21 bits per heavy atom. The molecule has 1 unspecified atom stereocenters. The summed E-state index contributed by atoms with van der Waals surface area (Å²) in [6.45, 7) is 8.25. The van der Waals surface area contributed by atoms with Crippen molar-refractivity contribution in [3.8, 4) is 0 Å². The van der Waals surface area contributed by atoms with E-state index in [1.807, 2.05) is 0 Å². The summed E-state index contributed by atoms with van der Waals surface area (Å²) < 4.78 is 0. The number of amides is 1. The summed E-state index contributed by atoms with van der Waals surface area (Å²) in [5.41, 5.74) is 0.0697. The predicted octanol–water partition coefficient (Wildman–Crippen LogP) is 2.91. The van der Waals surface area contributed by atoms with E-state index in [1.165, 1.54) is 0 Å². The van der Waals surface area contributed by atoms with Gasteiger partial charge in [0, 0.05) is 12.5 Å². The van der Waals surface area contributed by atoms with Gasteiger partial charge in [0.05, 0.1) is 0 Å². The molecule has 0 aromatic carbocycles. The fraction of sp³-hybridized carbons (Fsp3) is 0.867. The number of carbonyl (C=O) groups excluding carboxylic acids is 1. The Labute approximate surface area is 116 Å². The van der Waals surface area contributed by atoms with Crippen LogP contribution >= 0.6 is 0 Å². The lowest BCUT2D eigenvalue weighted by Crippen LogP contribution is -2.43. The van der Waals surface area contributed by atoms with Crippen molar-refractivity contribution in [3.63, 3.8) is 0 Å². The summed E-state index contributed by atoms with van der Waals surface area (Å²) in [5, 5.41) is 8.99. The van der Waals surface area contributed by atoms with Crippen molar-refractivity contribution in [1.82, 2.24) is 4.90 Å². The fourth-order valence-corrected chi connectivity index (χ4v) is 2.47. The molecule has 0 bridgehead atoms.